The Bertz CT molecular complexity index is 662. The standard InChI is InChI=1S/C11H11NO3S/c1-7-6-10(16(13,14)15)8-4-2-3-5-9(8)11(7)12/h2-6H,12H2,1H3,(H,13,14,15). The monoisotopic (exact) mass is 237 g/mol. The summed E-state index contributed by atoms with van der Waals surface area (Å²) in [5.41, 5.74) is 7.02. The summed E-state index contributed by atoms with van der Waals surface area (Å²) in [5, 5.41) is 1.07. The number of nitrogen functional groups attached to an aromatic ring is 1. The zero-order chi connectivity index (χ0) is 11.9. The molecular formula is C11H11NO3S. The Morgan fingerprint density at radius 1 is 1.19 bits per heavy atom. The smallest absolute Gasteiger partial charge is 0.295 e. The molecule has 0 amide bonds. The van der Waals surface area contributed by atoms with E-state index < -0.39 is 10.1 Å². The van der Waals surface area contributed by atoms with Gasteiger partial charge >= 0.3 is 0 Å². The largest absolute Gasteiger partial charge is 0.398 e. The molecule has 0 aliphatic rings. The highest BCUT2D eigenvalue weighted by atomic mass is 32.2. The van der Waals surface area contributed by atoms with Gasteiger partial charge in [-0.3, -0.25) is 4.55 Å². The predicted molar refractivity (Wildman–Crippen MR) is 62.9 cm³/mol. The van der Waals surface area contributed by atoms with Crippen molar-refractivity contribution in [1.29, 1.82) is 0 Å². The lowest BCUT2D eigenvalue weighted by Gasteiger charge is -2.09. The van der Waals surface area contributed by atoms with Gasteiger partial charge in [-0.2, -0.15) is 8.42 Å². The maximum Gasteiger partial charge on any atom is 0.295 e. The molecule has 0 aliphatic heterocycles. The molecule has 4 nitrogen and oxygen atoms in total. The summed E-state index contributed by atoms with van der Waals surface area (Å²) in [6, 6.07) is 8.20. The molecule has 0 saturated carbocycles. The van der Waals surface area contributed by atoms with Crippen molar-refractivity contribution in [3.05, 3.63) is 35.9 Å². The summed E-state index contributed by atoms with van der Waals surface area (Å²) in [4.78, 5) is -0.102. The Kier molecular flexibility index (Phi) is 2.36. The van der Waals surface area contributed by atoms with Gasteiger partial charge < -0.3 is 5.73 Å². The fraction of sp³-hybridized carbons (Fsp3) is 0.0909. The molecule has 0 saturated heterocycles. The van der Waals surface area contributed by atoms with Crippen molar-refractivity contribution in [2.45, 2.75) is 11.8 Å². The molecule has 16 heavy (non-hydrogen) atoms. The molecular weight excluding hydrogens is 226 g/mol. The van der Waals surface area contributed by atoms with Crippen LogP contribution in [0.1, 0.15) is 5.56 Å². The summed E-state index contributed by atoms with van der Waals surface area (Å²) in [6.07, 6.45) is 0. The SMILES string of the molecule is Cc1cc(S(=O)(=O)O)c2ccccc2c1N. The number of hydrogen-bond acceptors (Lipinski definition) is 3. The number of anilines is 1. The van der Waals surface area contributed by atoms with Gasteiger partial charge in [0.05, 0.1) is 0 Å². The van der Waals surface area contributed by atoms with Gasteiger partial charge in [0.1, 0.15) is 4.90 Å². The minimum atomic E-state index is -4.22. The van der Waals surface area contributed by atoms with E-state index in [1.807, 2.05) is 0 Å². The quantitative estimate of drug-likeness (QED) is 0.587. The highest BCUT2D eigenvalue weighted by molar-refractivity contribution is 7.86. The van der Waals surface area contributed by atoms with Crippen molar-refractivity contribution in [2.75, 3.05) is 5.73 Å². The van der Waals surface area contributed by atoms with Crippen LogP contribution < -0.4 is 5.73 Å². The van der Waals surface area contributed by atoms with Crippen LogP contribution in [0.3, 0.4) is 0 Å². The first-order valence-electron chi connectivity index (χ1n) is 4.66. The third kappa shape index (κ3) is 1.64. The molecule has 2 rings (SSSR count). The third-order valence-corrected chi connectivity index (χ3v) is 3.43. The lowest BCUT2D eigenvalue weighted by molar-refractivity contribution is 0.484. The normalized spacial score (nSPS) is 11.9. The maximum absolute atomic E-state index is 11.2. The number of hydrogen-bond donors (Lipinski definition) is 2. The van der Waals surface area contributed by atoms with E-state index in [0.29, 0.717) is 22.0 Å². The van der Waals surface area contributed by atoms with Crippen LogP contribution in [0.2, 0.25) is 0 Å². The topological polar surface area (TPSA) is 80.4 Å². The number of aryl methyl sites for hydroxylation is 1. The molecule has 0 spiro atoms. The van der Waals surface area contributed by atoms with Gasteiger partial charge in [0.25, 0.3) is 10.1 Å². The fourth-order valence-electron chi connectivity index (χ4n) is 1.71. The first kappa shape index (κ1) is 10.9. The van der Waals surface area contributed by atoms with E-state index in [-0.39, 0.29) is 4.90 Å². The Labute approximate surface area is 93.4 Å². The van der Waals surface area contributed by atoms with E-state index in [2.05, 4.69) is 0 Å². The molecule has 0 aliphatic carbocycles. The van der Waals surface area contributed by atoms with Crippen molar-refractivity contribution in [1.82, 2.24) is 0 Å². The van der Waals surface area contributed by atoms with Crippen molar-refractivity contribution in [3.63, 3.8) is 0 Å². The summed E-state index contributed by atoms with van der Waals surface area (Å²) in [6.45, 7) is 1.70. The van der Waals surface area contributed by atoms with Crippen molar-refractivity contribution in [2.24, 2.45) is 0 Å². The molecule has 0 unspecified atom stereocenters. The van der Waals surface area contributed by atoms with Crippen LogP contribution in [0.4, 0.5) is 5.69 Å². The van der Waals surface area contributed by atoms with Gasteiger partial charge in [0.2, 0.25) is 0 Å². The number of nitrogens with two attached hydrogens (primary N) is 1. The van der Waals surface area contributed by atoms with E-state index in [1.54, 1.807) is 31.2 Å². The second-order valence-electron chi connectivity index (χ2n) is 3.63. The molecule has 84 valence electrons. The number of benzene rings is 2. The van der Waals surface area contributed by atoms with Gasteiger partial charge in [-0.25, -0.2) is 0 Å². The second-order valence-corrected chi connectivity index (χ2v) is 5.02. The van der Waals surface area contributed by atoms with Crippen LogP contribution in [-0.4, -0.2) is 13.0 Å². The third-order valence-electron chi connectivity index (χ3n) is 2.53. The van der Waals surface area contributed by atoms with Crippen molar-refractivity contribution in [3.8, 4) is 0 Å². The lowest BCUT2D eigenvalue weighted by Crippen LogP contribution is -2.02. The molecule has 0 atom stereocenters. The Balaban J connectivity index is 3.02. The maximum atomic E-state index is 11.2. The summed E-state index contributed by atoms with van der Waals surface area (Å²) in [7, 11) is -4.22. The summed E-state index contributed by atoms with van der Waals surface area (Å²) in [5.74, 6) is 0. The first-order chi connectivity index (χ1) is 7.41. The fourth-order valence-corrected chi connectivity index (χ4v) is 2.49. The zero-order valence-corrected chi connectivity index (χ0v) is 9.45. The molecule has 5 heteroatoms. The van der Waals surface area contributed by atoms with Gasteiger partial charge in [-0.1, -0.05) is 24.3 Å². The molecule has 3 N–H and O–H groups in total. The average Bonchev–Trinajstić information content (AvgIpc) is 2.22. The van der Waals surface area contributed by atoms with Crippen LogP contribution in [0.25, 0.3) is 10.8 Å². The van der Waals surface area contributed by atoms with Gasteiger partial charge in [0.15, 0.2) is 0 Å². The molecule has 2 aromatic rings. The van der Waals surface area contributed by atoms with E-state index >= 15 is 0 Å². The first-order valence-corrected chi connectivity index (χ1v) is 6.10. The highest BCUT2D eigenvalue weighted by Gasteiger charge is 2.16. The number of rotatable bonds is 1. The highest BCUT2D eigenvalue weighted by Crippen LogP contribution is 2.30. The minimum absolute atomic E-state index is 0.102. The molecule has 0 heterocycles. The second kappa shape index (κ2) is 3.47. The lowest BCUT2D eigenvalue weighted by atomic mass is 10.1. The van der Waals surface area contributed by atoms with Gasteiger partial charge in [-0.15, -0.1) is 0 Å². The summed E-state index contributed by atoms with van der Waals surface area (Å²) >= 11 is 0. The Morgan fingerprint density at radius 2 is 1.75 bits per heavy atom. The van der Waals surface area contributed by atoms with Crippen LogP contribution in [0, 0.1) is 6.92 Å². The molecule has 0 radical (unpaired) electrons. The van der Waals surface area contributed by atoms with Crippen molar-refractivity contribution >= 4 is 26.6 Å². The van der Waals surface area contributed by atoms with E-state index in [4.69, 9.17) is 10.3 Å². The van der Waals surface area contributed by atoms with Gasteiger partial charge in [0, 0.05) is 16.5 Å². The van der Waals surface area contributed by atoms with Gasteiger partial charge in [-0.05, 0) is 18.6 Å². The summed E-state index contributed by atoms with van der Waals surface area (Å²) < 4.78 is 31.6. The molecule has 0 bridgehead atoms. The van der Waals surface area contributed by atoms with Crippen LogP contribution in [-0.2, 0) is 10.1 Å². The average molecular weight is 237 g/mol. The van der Waals surface area contributed by atoms with E-state index in [9.17, 15) is 8.42 Å². The molecule has 0 fully saturated rings. The Morgan fingerprint density at radius 3 is 2.31 bits per heavy atom. The predicted octanol–water partition coefficient (Wildman–Crippen LogP) is 1.98. The zero-order valence-electron chi connectivity index (χ0n) is 8.64. The van der Waals surface area contributed by atoms with Crippen LogP contribution in [0.15, 0.2) is 35.2 Å². The van der Waals surface area contributed by atoms with E-state index in [0.717, 1.165) is 0 Å². The van der Waals surface area contributed by atoms with Crippen LogP contribution in [0.5, 0.6) is 0 Å². The Hall–Kier alpha value is -1.59. The minimum Gasteiger partial charge on any atom is -0.398 e. The number of fused-ring (bicyclic) bond motifs is 1. The molecule has 0 aromatic heterocycles. The molecule has 2 aromatic carbocycles. The van der Waals surface area contributed by atoms with E-state index in [1.165, 1.54) is 6.07 Å². The van der Waals surface area contributed by atoms with Crippen molar-refractivity contribution < 1.29 is 13.0 Å². The van der Waals surface area contributed by atoms with Crippen LogP contribution >= 0.6 is 0 Å².